The maximum Gasteiger partial charge on any atom is 0.358 e. The molecule has 112 valence electrons. The molecule has 1 aromatic heterocycles. The van der Waals surface area contributed by atoms with Crippen molar-refractivity contribution in [1.82, 2.24) is 15.2 Å². The lowest BCUT2D eigenvalue weighted by Crippen LogP contribution is -2.40. The van der Waals surface area contributed by atoms with Gasteiger partial charge in [-0.3, -0.25) is 9.69 Å². The Kier molecular flexibility index (Phi) is 3.79. The molecule has 2 N–H and O–H groups in total. The van der Waals surface area contributed by atoms with Crippen molar-refractivity contribution in [3.63, 3.8) is 0 Å². The molecule has 0 aromatic carbocycles. The molecule has 21 heavy (non-hydrogen) atoms. The highest BCUT2D eigenvalue weighted by Gasteiger charge is 2.43. The molecule has 0 unspecified atom stereocenters. The van der Waals surface area contributed by atoms with E-state index in [2.05, 4.69) is 10.3 Å². The number of ether oxygens (including phenoxy) is 1. The van der Waals surface area contributed by atoms with Crippen LogP contribution < -0.4 is 10.1 Å². The summed E-state index contributed by atoms with van der Waals surface area (Å²) in [4.78, 5) is 39.3. The van der Waals surface area contributed by atoms with Gasteiger partial charge in [0.2, 0.25) is 0 Å². The van der Waals surface area contributed by atoms with Gasteiger partial charge in [-0.05, 0) is 26.0 Å². The summed E-state index contributed by atoms with van der Waals surface area (Å²) in [6.07, 6.45) is 1.34. The van der Waals surface area contributed by atoms with Crippen LogP contribution >= 0.6 is 0 Å². The smallest absolute Gasteiger partial charge is 0.358 e. The van der Waals surface area contributed by atoms with Crippen LogP contribution in [0, 0.1) is 0 Å². The largest absolute Gasteiger partial charge is 0.489 e. The van der Waals surface area contributed by atoms with Crippen molar-refractivity contribution in [2.75, 3.05) is 13.2 Å². The molecule has 0 radical (unpaired) electrons. The number of carbonyl (C=O) groups is 3. The third kappa shape index (κ3) is 2.93. The molecule has 3 amide bonds. The zero-order valence-electron chi connectivity index (χ0n) is 11.6. The number of pyridine rings is 1. The van der Waals surface area contributed by atoms with E-state index in [4.69, 9.17) is 9.84 Å². The Balaban J connectivity index is 1.98. The number of aromatic nitrogens is 1. The van der Waals surface area contributed by atoms with Crippen molar-refractivity contribution in [3.8, 4) is 5.75 Å². The minimum atomic E-state index is -1.21. The van der Waals surface area contributed by atoms with Gasteiger partial charge in [-0.25, -0.2) is 14.6 Å². The van der Waals surface area contributed by atoms with Gasteiger partial charge < -0.3 is 15.2 Å². The number of carboxylic acid groups (broad SMARTS) is 1. The number of carboxylic acids is 1. The van der Waals surface area contributed by atoms with E-state index in [1.54, 1.807) is 19.9 Å². The Morgan fingerprint density at radius 3 is 2.76 bits per heavy atom. The molecule has 8 heteroatoms. The predicted molar refractivity (Wildman–Crippen MR) is 71.0 cm³/mol. The quantitative estimate of drug-likeness (QED) is 0.765. The SMILES string of the molecule is CC1(C)NC(=O)N(CCOc2cccnc2C(=O)O)C1=O. The lowest BCUT2D eigenvalue weighted by atomic mass is 10.1. The lowest BCUT2D eigenvalue weighted by Gasteiger charge is -2.16. The van der Waals surface area contributed by atoms with Crippen LogP contribution in [0.15, 0.2) is 18.3 Å². The highest BCUT2D eigenvalue weighted by molar-refractivity contribution is 6.06. The topological polar surface area (TPSA) is 109 Å². The summed E-state index contributed by atoms with van der Waals surface area (Å²) in [5.74, 6) is -1.46. The van der Waals surface area contributed by atoms with E-state index in [0.717, 1.165) is 4.90 Å². The molecule has 1 saturated heterocycles. The number of rotatable bonds is 5. The lowest BCUT2D eigenvalue weighted by molar-refractivity contribution is -0.130. The molecule has 1 aromatic rings. The highest BCUT2D eigenvalue weighted by atomic mass is 16.5. The third-order valence-electron chi connectivity index (χ3n) is 2.99. The van der Waals surface area contributed by atoms with E-state index in [9.17, 15) is 14.4 Å². The first-order chi connectivity index (χ1) is 9.83. The van der Waals surface area contributed by atoms with E-state index in [-0.39, 0.29) is 30.5 Å². The summed E-state index contributed by atoms with van der Waals surface area (Å²) in [5.41, 5.74) is -1.15. The zero-order chi connectivity index (χ0) is 15.6. The van der Waals surface area contributed by atoms with E-state index in [1.165, 1.54) is 12.3 Å². The molecular weight excluding hydrogens is 278 g/mol. The van der Waals surface area contributed by atoms with Crippen LogP contribution in [-0.4, -0.2) is 51.6 Å². The fourth-order valence-corrected chi connectivity index (χ4v) is 1.94. The molecular formula is C13H15N3O5. The first-order valence-electron chi connectivity index (χ1n) is 6.28. The molecule has 0 spiro atoms. The minimum absolute atomic E-state index is 0.0127. The molecule has 0 bridgehead atoms. The Bertz CT molecular complexity index is 599. The normalized spacial score (nSPS) is 16.8. The van der Waals surface area contributed by atoms with E-state index in [0.29, 0.717) is 0 Å². The molecule has 1 aliphatic rings. The molecule has 1 aliphatic heterocycles. The van der Waals surface area contributed by atoms with Crippen molar-refractivity contribution >= 4 is 17.9 Å². The number of hydrogen-bond acceptors (Lipinski definition) is 5. The number of aromatic carboxylic acids is 1. The van der Waals surface area contributed by atoms with E-state index < -0.39 is 17.5 Å². The first-order valence-corrected chi connectivity index (χ1v) is 6.28. The fourth-order valence-electron chi connectivity index (χ4n) is 1.94. The van der Waals surface area contributed by atoms with Crippen LogP contribution in [0.5, 0.6) is 5.75 Å². The maximum absolute atomic E-state index is 11.9. The van der Waals surface area contributed by atoms with Crippen molar-refractivity contribution in [3.05, 3.63) is 24.0 Å². The number of amides is 3. The van der Waals surface area contributed by atoms with Gasteiger partial charge in [0.15, 0.2) is 11.4 Å². The molecule has 1 fully saturated rings. The molecule has 0 atom stereocenters. The molecule has 0 saturated carbocycles. The Morgan fingerprint density at radius 1 is 1.48 bits per heavy atom. The van der Waals surface area contributed by atoms with E-state index >= 15 is 0 Å². The van der Waals surface area contributed by atoms with Crippen LogP contribution in [-0.2, 0) is 4.79 Å². The standard InChI is InChI=1S/C13H15N3O5/c1-13(2)11(19)16(12(20)15-13)6-7-21-8-4-3-5-14-9(8)10(17)18/h3-5H,6-7H2,1-2H3,(H,15,20)(H,17,18). The third-order valence-corrected chi connectivity index (χ3v) is 2.99. The van der Waals surface area contributed by atoms with Crippen molar-refractivity contribution in [1.29, 1.82) is 0 Å². The summed E-state index contributed by atoms with van der Waals surface area (Å²) >= 11 is 0. The zero-order valence-corrected chi connectivity index (χ0v) is 11.6. The van der Waals surface area contributed by atoms with Crippen LogP contribution in [0.1, 0.15) is 24.3 Å². The number of carbonyl (C=O) groups excluding carboxylic acids is 2. The summed E-state index contributed by atoms with van der Waals surface area (Å²) in [5, 5.41) is 11.5. The van der Waals surface area contributed by atoms with Crippen molar-refractivity contribution in [2.24, 2.45) is 0 Å². The predicted octanol–water partition coefficient (Wildman–Crippen LogP) is 0.489. The average molecular weight is 293 g/mol. The number of nitrogens with one attached hydrogen (secondary N) is 1. The summed E-state index contributed by atoms with van der Waals surface area (Å²) in [6, 6.07) is 2.52. The Labute approximate surface area is 120 Å². The van der Waals surface area contributed by atoms with Gasteiger partial charge in [-0.15, -0.1) is 0 Å². The molecule has 0 aliphatic carbocycles. The van der Waals surface area contributed by atoms with Crippen LogP contribution in [0.25, 0.3) is 0 Å². The molecule has 8 nitrogen and oxygen atoms in total. The van der Waals surface area contributed by atoms with Gasteiger partial charge in [0.05, 0.1) is 6.54 Å². The van der Waals surface area contributed by atoms with Gasteiger partial charge in [0.1, 0.15) is 12.1 Å². The maximum atomic E-state index is 11.9. The minimum Gasteiger partial charge on any atom is -0.489 e. The summed E-state index contributed by atoms with van der Waals surface area (Å²) < 4.78 is 5.31. The Hall–Kier alpha value is -2.64. The van der Waals surface area contributed by atoms with Crippen molar-refractivity contribution < 1.29 is 24.2 Å². The summed E-state index contributed by atoms with van der Waals surface area (Å²) in [7, 11) is 0. The number of hydrogen-bond donors (Lipinski definition) is 2. The van der Waals surface area contributed by atoms with Gasteiger partial charge in [-0.2, -0.15) is 0 Å². The highest BCUT2D eigenvalue weighted by Crippen LogP contribution is 2.18. The second-order valence-electron chi connectivity index (χ2n) is 5.02. The Morgan fingerprint density at radius 2 is 2.19 bits per heavy atom. The van der Waals surface area contributed by atoms with Gasteiger partial charge in [0, 0.05) is 6.20 Å². The number of nitrogens with zero attached hydrogens (tertiary/aromatic N) is 2. The van der Waals surface area contributed by atoms with Gasteiger partial charge in [0.25, 0.3) is 5.91 Å². The van der Waals surface area contributed by atoms with Crippen molar-refractivity contribution in [2.45, 2.75) is 19.4 Å². The summed E-state index contributed by atoms with van der Waals surface area (Å²) in [6.45, 7) is 3.23. The van der Waals surface area contributed by atoms with Crippen LogP contribution in [0.4, 0.5) is 4.79 Å². The van der Waals surface area contributed by atoms with Crippen LogP contribution in [0.3, 0.4) is 0 Å². The van der Waals surface area contributed by atoms with Gasteiger partial charge >= 0.3 is 12.0 Å². The van der Waals surface area contributed by atoms with Crippen LogP contribution in [0.2, 0.25) is 0 Å². The molecule has 2 rings (SSSR count). The second kappa shape index (κ2) is 5.39. The van der Waals surface area contributed by atoms with Gasteiger partial charge in [-0.1, -0.05) is 0 Å². The average Bonchev–Trinajstić information content (AvgIpc) is 2.61. The number of imide groups is 1. The number of urea groups is 1. The fraction of sp³-hybridized carbons (Fsp3) is 0.385. The monoisotopic (exact) mass is 293 g/mol. The van der Waals surface area contributed by atoms with E-state index in [1.807, 2.05) is 0 Å². The molecule has 2 heterocycles. The second-order valence-corrected chi connectivity index (χ2v) is 5.02. The first kappa shape index (κ1) is 14.8.